The summed E-state index contributed by atoms with van der Waals surface area (Å²) in [5.74, 6) is -0.253. The molecule has 0 amide bonds. The average molecular weight is 797 g/mol. The molecule has 0 bridgehead atoms. The van der Waals surface area contributed by atoms with Crippen LogP contribution in [-0.4, -0.2) is 139 Å². The maximum atomic E-state index is 15.0. The molecule has 7 rings (SSSR count). The van der Waals surface area contributed by atoms with Crippen LogP contribution < -0.4 is 0 Å². The van der Waals surface area contributed by atoms with Crippen LogP contribution in [0.25, 0.3) is 0 Å². The summed E-state index contributed by atoms with van der Waals surface area (Å²) in [5.41, 5.74) is -0.859. The van der Waals surface area contributed by atoms with Crippen LogP contribution in [0.1, 0.15) is 106 Å². The van der Waals surface area contributed by atoms with E-state index in [1.54, 1.807) is 0 Å². The minimum atomic E-state index is -1.84. The molecule has 2 heterocycles. The van der Waals surface area contributed by atoms with E-state index in [1.807, 2.05) is 0 Å². The van der Waals surface area contributed by atoms with Gasteiger partial charge in [0.05, 0.1) is 30.8 Å². The fraction of sp³-hybridized carbons (Fsp3) is 0.929. The highest BCUT2D eigenvalue weighted by atomic mass is 16.8. The highest BCUT2D eigenvalue weighted by Gasteiger charge is 2.70. The van der Waals surface area contributed by atoms with Gasteiger partial charge in [-0.1, -0.05) is 60.1 Å². The molecule has 14 heteroatoms. The predicted octanol–water partition coefficient (Wildman–Crippen LogP) is 1.29. The third-order valence-electron chi connectivity index (χ3n) is 17.2. The van der Waals surface area contributed by atoms with Crippen molar-refractivity contribution in [2.75, 3.05) is 13.2 Å². The summed E-state index contributed by atoms with van der Waals surface area (Å²) >= 11 is 0. The van der Waals surface area contributed by atoms with Crippen LogP contribution in [0.15, 0.2) is 11.6 Å². The van der Waals surface area contributed by atoms with E-state index in [0.29, 0.717) is 25.7 Å². The zero-order valence-electron chi connectivity index (χ0n) is 34.1. The Morgan fingerprint density at radius 2 is 1.34 bits per heavy atom. The Morgan fingerprint density at radius 3 is 1.98 bits per heavy atom. The SMILES string of the molecule is CC1(C)CC[C@]2(C(=O)O[C@@H]3O[C@H](CO)[C@@H](O)[C@H](O)[C@H]3O[C@@H]3O[C@H](CO)[C@@H](O)[C@H](O)[C@H]3O)CC[C@]3(C)C(=CCC4[C@@]5(C)C[C@@H](O)[C@H](O)C(C)(C)C5CC[C@]43C)C2C1. The standard InChI is InChI=1S/C42H68O14/c1-37(2)12-14-42(36(52)56-35-32(30(49)28(47)24(19-44)54-35)55-34-31(50)29(48)27(46)23(18-43)53-34)15-13-40(6)20(21(42)16-37)8-9-26-39(5)17-22(45)33(51)38(3,4)25(39)10-11-41(26,40)7/h8,21-35,43-51H,9-19H2,1-7H3/t21?,22-,23-,24-,25?,26?,27-,28-,29+,30+,31-,32-,33+,34+,35+,39+,40-,41-,42+/m1/s1. The van der Waals surface area contributed by atoms with Gasteiger partial charge in [0, 0.05) is 0 Å². The lowest BCUT2D eigenvalue weighted by atomic mass is 9.33. The molecule has 0 radical (unpaired) electrons. The van der Waals surface area contributed by atoms with Crippen molar-refractivity contribution in [2.24, 2.45) is 50.2 Å². The zero-order valence-corrected chi connectivity index (χ0v) is 34.1. The number of esters is 1. The lowest BCUT2D eigenvalue weighted by Gasteiger charge is -2.71. The summed E-state index contributed by atoms with van der Waals surface area (Å²) < 4.78 is 23.6. The molecule has 320 valence electrons. The predicted molar refractivity (Wildman–Crippen MR) is 199 cm³/mol. The van der Waals surface area contributed by atoms with Crippen LogP contribution in [0.5, 0.6) is 0 Å². The average Bonchev–Trinajstić information content (AvgIpc) is 3.13. The van der Waals surface area contributed by atoms with Gasteiger partial charge >= 0.3 is 5.97 Å². The van der Waals surface area contributed by atoms with Crippen molar-refractivity contribution in [3.05, 3.63) is 11.6 Å². The van der Waals surface area contributed by atoms with Gasteiger partial charge in [0.1, 0.15) is 42.7 Å². The Balaban J connectivity index is 1.21. The van der Waals surface area contributed by atoms with Crippen molar-refractivity contribution in [3.8, 4) is 0 Å². The molecule has 56 heavy (non-hydrogen) atoms. The van der Waals surface area contributed by atoms with E-state index < -0.39 is 104 Å². The first kappa shape index (κ1) is 42.8. The van der Waals surface area contributed by atoms with Crippen molar-refractivity contribution in [2.45, 2.75) is 180 Å². The summed E-state index contributed by atoms with van der Waals surface area (Å²) in [5, 5.41) is 95.7. The van der Waals surface area contributed by atoms with Gasteiger partial charge < -0.3 is 64.9 Å². The number of ether oxygens (including phenoxy) is 4. The van der Waals surface area contributed by atoms with Crippen LogP contribution in [0, 0.1) is 50.2 Å². The van der Waals surface area contributed by atoms with Crippen molar-refractivity contribution in [3.63, 3.8) is 0 Å². The third kappa shape index (κ3) is 6.21. The summed E-state index contributed by atoms with van der Waals surface area (Å²) in [7, 11) is 0. The molecule has 3 unspecified atom stereocenters. The van der Waals surface area contributed by atoms with Crippen molar-refractivity contribution in [1.29, 1.82) is 0 Å². The molecule has 0 aromatic carbocycles. The topological polar surface area (TPSA) is 236 Å². The number of hydrogen-bond acceptors (Lipinski definition) is 14. The van der Waals surface area contributed by atoms with Gasteiger partial charge in [-0.2, -0.15) is 0 Å². The van der Waals surface area contributed by atoms with E-state index >= 15 is 4.79 Å². The molecule has 4 saturated carbocycles. The third-order valence-corrected chi connectivity index (χ3v) is 17.2. The maximum absolute atomic E-state index is 15.0. The molecule has 5 aliphatic carbocycles. The van der Waals surface area contributed by atoms with Gasteiger partial charge in [-0.15, -0.1) is 0 Å². The first-order valence-corrected chi connectivity index (χ1v) is 20.9. The number of hydrogen-bond donors (Lipinski definition) is 9. The van der Waals surface area contributed by atoms with Crippen molar-refractivity contribution in [1.82, 2.24) is 0 Å². The monoisotopic (exact) mass is 796 g/mol. The molecular formula is C42H68O14. The van der Waals surface area contributed by atoms with Gasteiger partial charge in [-0.05, 0) is 103 Å². The molecule has 14 nitrogen and oxygen atoms in total. The molecule has 6 fully saturated rings. The van der Waals surface area contributed by atoms with Crippen LogP contribution in [-0.2, 0) is 23.7 Å². The van der Waals surface area contributed by atoms with Crippen molar-refractivity contribution >= 4 is 5.97 Å². The molecular weight excluding hydrogens is 728 g/mol. The molecule has 2 aliphatic heterocycles. The highest BCUT2D eigenvalue weighted by molar-refractivity contribution is 5.79. The molecule has 19 atom stereocenters. The second-order valence-electron chi connectivity index (χ2n) is 20.8. The Bertz CT molecular complexity index is 1520. The van der Waals surface area contributed by atoms with Crippen LogP contribution in [0.4, 0.5) is 0 Å². The Morgan fingerprint density at radius 1 is 0.732 bits per heavy atom. The smallest absolute Gasteiger partial charge is 0.315 e. The summed E-state index contributed by atoms with van der Waals surface area (Å²) in [6, 6.07) is 0. The largest absolute Gasteiger partial charge is 0.432 e. The number of rotatable bonds is 6. The molecule has 2 saturated heterocycles. The van der Waals surface area contributed by atoms with E-state index in [-0.39, 0.29) is 39.4 Å². The zero-order chi connectivity index (χ0) is 41.1. The highest BCUT2D eigenvalue weighted by Crippen LogP contribution is 2.76. The number of aliphatic hydroxyl groups excluding tert-OH is 9. The molecule has 0 spiro atoms. The normalized spacial score (nSPS) is 53.7. The van der Waals surface area contributed by atoms with E-state index in [9.17, 15) is 46.0 Å². The molecule has 7 aliphatic rings. The first-order valence-electron chi connectivity index (χ1n) is 20.9. The summed E-state index contributed by atoms with van der Waals surface area (Å²) in [6.07, 6.45) is -9.19. The van der Waals surface area contributed by atoms with E-state index in [0.717, 1.165) is 32.1 Å². The van der Waals surface area contributed by atoms with E-state index in [4.69, 9.17) is 18.9 Å². The summed E-state index contributed by atoms with van der Waals surface area (Å²) in [6.45, 7) is 14.3. The second-order valence-corrected chi connectivity index (χ2v) is 20.8. The van der Waals surface area contributed by atoms with Gasteiger partial charge in [-0.25, -0.2) is 0 Å². The van der Waals surface area contributed by atoms with Crippen LogP contribution in [0.3, 0.4) is 0 Å². The van der Waals surface area contributed by atoms with Gasteiger partial charge in [-0.3, -0.25) is 4.79 Å². The number of aliphatic hydroxyl groups is 9. The lowest BCUT2D eigenvalue weighted by molar-refractivity contribution is -0.363. The fourth-order valence-electron chi connectivity index (χ4n) is 13.6. The molecule has 0 aromatic heterocycles. The number of allylic oxidation sites excluding steroid dienone is 2. The lowest BCUT2D eigenvalue weighted by Crippen LogP contribution is -2.67. The van der Waals surface area contributed by atoms with Gasteiger partial charge in [0.25, 0.3) is 0 Å². The van der Waals surface area contributed by atoms with Gasteiger partial charge in [0.2, 0.25) is 6.29 Å². The second kappa shape index (κ2) is 14.4. The number of carbonyl (C=O) groups is 1. The summed E-state index contributed by atoms with van der Waals surface area (Å²) in [4.78, 5) is 15.0. The van der Waals surface area contributed by atoms with Crippen LogP contribution >= 0.6 is 0 Å². The quantitative estimate of drug-likeness (QED) is 0.136. The molecule has 0 aromatic rings. The minimum absolute atomic E-state index is 0.0824. The van der Waals surface area contributed by atoms with Crippen LogP contribution in [0.2, 0.25) is 0 Å². The Labute approximate surface area is 330 Å². The fourth-order valence-corrected chi connectivity index (χ4v) is 13.6. The van der Waals surface area contributed by atoms with Crippen molar-refractivity contribution < 1.29 is 69.7 Å². The maximum Gasteiger partial charge on any atom is 0.315 e. The Hall–Kier alpha value is -1.27. The van der Waals surface area contributed by atoms with E-state index in [2.05, 4.69) is 54.5 Å². The Kier molecular flexibility index (Phi) is 11.0. The van der Waals surface area contributed by atoms with E-state index in [1.165, 1.54) is 5.57 Å². The first-order chi connectivity index (χ1) is 26.0. The van der Waals surface area contributed by atoms with Gasteiger partial charge in [0.15, 0.2) is 12.4 Å². The molecule has 9 N–H and O–H groups in total. The number of fused-ring (bicyclic) bond motifs is 7. The minimum Gasteiger partial charge on any atom is -0.432 e. The number of carbonyl (C=O) groups excluding carboxylic acids is 1.